The first kappa shape index (κ1) is 15.8. The van der Waals surface area contributed by atoms with Crippen LogP contribution in [-0.4, -0.2) is 41.2 Å². The zero-order valence-electron chi connectivity index (χ0n) is 14.6. The largest absolute Gasteiger partial charge is 0.294 e. The van der Waals surface area contributed by atoms with Crippen molar-refractivity contribution in [1.29, 1.82) is 0 Å². The first-order valence-corrected chi connectivity index (χ1v) is 8.58. The highest BCUT2D eigenvalue weighted by molar-refractivity contribution is 5.52. The Kier molecular flexibility index (Phi) is 4.23. The van der Waals surface area contributed by atoms with Crippen LogP contribution in [-0.2, 0) is 26.1 Å². The molecule has 128 valence electrons. The summed E-state index contributed by atoms with van der Waals surface area (Å²) in [7, 11) is 0. The van der Waals surface area contributed by atoms with E-state index in [9.17, 15) is 0 Å². The third-order valence-corrected chi connectivity index (χ3v) is 4.73. The number of hydrogen-bond donors (Lipinski definition) is 0. The SMILES string of the molecule is CCn1ncc(CN2CCc3nc(-c4cncnc4)ncc3C2)c1C. The molecule has 0 saturated carbocycles. The zero-order chi connectivity index (χ0) is 17.2. The van der Waals surface area contributed by atoms with Gasteiger partial charge in [0.2, 0.25) is 0 Å². The number of nitrogens with zero attached hydrogens (tertiary/aromatic N) is 7. The smallest absolute Gasteiger partial charge is 0.162 e. The van der Waals surface area contributed by atoms with Crippen LogP contribution >= 0.6 is 0 Å². The average Bonchev–Trinajstić information content (AvgIpc) is 3.01. The minimum Gasteiger partial charge on any atom is -0.294 e. The van der Waals surface area contributed by atoms with Gasteiger partial charge in [-0.3, -0.25) is 9.58 Å². The van der Waals surface area contributed by atoms with Crippen LogP contribution in [0.1, 0.15) is 29.4 Å². The van der Waals surface area contributed by atoms with Crippen molar-refractivity contribution in [2.24, 2.45) is 0 Å². The lowest BCUT2D eigenvalue weighted by molar-refractivity contribution is 0.242. The molecule has 1 aliphatic rings. The molecule has 0 amide bonds. The normalized spacial score (nSPS) is 14.5. The van der Waals surface area contributed by atoms with Crippen molar-refractivity contribution in [2.75, 3.05) is 6.54 Å². The molecule has 0 radical (unpaired) electrons. The van der Waals surface area contributed by atoms with Gasteiger partial charge in [-0.05, 0) is 13.8 Å². The third-order valence-electron chi connectivity index (χ3n) is 4.73. The standard InChI is InChI=1S/C18H21N7/c1-3-25-13(2)15(9-22-25)10-24-5-4-17-16(11-24)8-21-18(23-17)14-6-19-12-20-7-14/h6-9,12H,3-5,10-11H2,1-2H3. The van der Waals surface area contributed by atoms with Crippen LogP contribution in [0.25, 0.3) is 11.4 Å². The van der Waals surface area contributed by atoms with Crippen LogP contribution in [0.5, 0.6) is 0 Å². The van der Waals surface area contributed by atoms with E-state index < -0.39 is 0 Å². The minimum absolute atomic E-state index is 0.702. The molecule has 0 unspecified atom stereocenters. The summed E-state index contributed by atoms with van der Waals surface area (Å²) in [5.41, 5.74) is 5.74. The van der Waals surface area contributed by atoms with E-state index in [0.717, 1.165) is 43.9 Å². The maximum atomic E-state index is 4.73. The summed E-state index contributed by atoms with van der Waals surface area (Å²) >= 11 is 0. The number of fused-ring (bicyclic) bond motifs is 1. The molecule has 1 aliphatic heterocycles. The number of aryl methyl sites for hydroxylation is 1. The van der Waals surface area contributed by atoms with Crippen molar-refractivity contribution in [2.45, 2.75) is 39.9 Å². The molecular formula is C18H21N7. The second kappa shape index (κ2) is 6.68. The molecule has 3 aromatic heterocycles. The second-order valence-corrected chi connectivity index (χ2v) is 6.32. The summed E-state index contributed by atoms with van der Waals surface area (Å²) in [5.74, 6) is 0.702. The van der Waals surface area contributed by atoms with E-state index in [0.29, 0.717) is 5.82 Å². The van der Waals surface area contributed by atoms with Crippen LogP contribution in [0, 0.1) is 6.92 Å². The predicted octanol–water partition coefficient (Wildman–Crippen LogP) is 2.02. The van der Waals surface area contributed by atoms with E-state index in [1.807, 2.05) is 17.1 Å². The summed E-state index contributed by atoms with van der Waals surface area (Å²) in [6, 6.07) is 0. The molecule has 25 heavy (non-hydrogen) atoms. The molecule has 4 rings (SSSR count). The number of rotatable bonds is 4. The maximum absolute atomic E-state index is 4.73. The van der Waals surface area contributed by atoms with Gasteiger partial charge in [0.05, 0.1) is 17.5 Å². The van der Waals surface area contributed by atoms with Crippen molar-refractivity contribution in [1.82, 2.24) is 34.6 Å². The highest BCUT2D eigenvalue weighted by Crippen LogP contribution is 2.22. The van der Waals surface area contributed by atoms with Crippen LogP contribution in [0.2, 0.25) is 0 Å². The lowest BCUT2D eigenvalue weighted by Gasteiger charge is -2.27. The molecule has 0 spiro atoms. The third kappa shape index (κ3) is 3.15. The van der Waals surface area contributed by atoms with Crippen molar-refractivity contribution in [3.05, 3.63) is 53.6 Å². The van der Waals surface area contributed by atoms with Gasteiger partial charge in [-0.25, -0.2) is 19.9 Å². The molecule has 7 heteroatoms. The molecule has 7 nitrogen and oxygen atoms in total. The van der Waals surface area contributed by atoms with Crippen LogP contribution < -0.4 is 0 Å². The van der Waals surface area contributed by atoms with E-state index in [-0.39, 0.29) is 0 Å². The monoisotopic (exact) mass is 335 g/mol. The molecule has 3 aromatic rings. The summed E-state index contributed by atoms with van der Waals surface area (Å²) in [6.45, 7) is 7.95. The van der Waals surface area contributed by atoms with E-state index in [4.69, 9.17) is 4.98 Å². The van der Waals surface area contributed by atoms with Gasteiger partial charge in [0.15, 0.2) is 5.82 Å². The fourth-order valence-electron chi connectivity index (χ4n) is 3.26. The minimum atomic E-state index is 0.702. The van der Waals surface area contributed by atoms with Gasteiger partial charge < -0.3 is 0 Å². The molecule has 0 aliphatic carbocycles. The molecule has 0 bridgehead atoms. The summed E-state index contributed by atoms with van der Waals surface area (Å²) in [6.07, 6.45) is 9.88. The fraction of sp³-hybridized carbons (Fsp3) is 0.389. The Labute approximate surface area is 146 Å². The number of hydrogen-bond acceptors (Lipinski definition) is 6. The summed E-state index contributed by atoms with van der Waals surface area (Å²) in [4.78, 5) is 19.7. The van der Waals surface area contributed by atoms with Gasteiger partial charge in [0.1, 0.15) is 6.33 Å². The Morgan fingerprint density at radius 1 is 1.12 bits per heavy atom. The Balaban J connectivity index is 1.51. The molecule has 0 aromatic carbocycles. The summed E-state index contributed by atoms with van der Waals surface area (Å²) in [5, 5.41) is 4.44. The molecule has 0 N–H and O–H groups in total. The van der Waals surface area contributed by atoms with E-state index >= 15 is 0 Å². The van der Waals surface area contributed by atoms with Gasteiger partial charge in [0, 0.05) is 68.0 Å². The van der Waals surface area contributed by atoms with Gasteiger partial charge in [0.25, 0.3) is 0 Å². The Hall–Kier alpha value is -2.67. The van der Waals surface area contributed by atoms with Crippen LogP contribution in [0.3, 0.4) is 0 Å². The van der Waals surface area contributed by atoms with Gasteiger partial charge >= 0.3 is 0 Å². The van der Waals surface area contributed by atoms with E-state index in [2.05, 4.69) is 38.8 Å². The topological polar surface area (TPSA) is 72.6 Å². The predicted molar refractivity (Wildman–Crippen MR) is 93.5 cm³/mol. The van der Waals surface area contributed by atoms with Crippen LogP contribution in [0.4, 0.5) is 0 Å². The number of aromatic nitrogens is 6. The molecule has 0 atom stereocenters. The lowest BCUT2D eigenvalue weighted by Crippen LogP contribution is -2.31. The highest BCUT2D eigenvalue weighted by Gasteiger charge is 2.20. The Morgan fingerprint density at radius 2 is 1.96 bits per heavy atom. The van der Waals surface area contributed by atoms with Crippen molar-refractivity contribution < 1.29 is 0 Å². The van der Waals surface area contributed by atoms with Crippen molar-refractivity contribution in [3.63, 3.8) is 0 Å². The molecule has 4 heterocycles. The van der Waals surface area contributed by atoms with Gasteiger partial charge in [-0.2, -0.15) is 5.10 Å². The quantitative estimate of drug-likeness (QED) is 0.726. The molecule has 0 saturated heterocycles. The average molecular weight is 335 g/mol. The van der Waals surface area contributed by atoms with E-state index in [1.165, 1.54) is 23.1 Å². The summed E-state index contributed by atoms with van der Waals surface area (Å²) < 4.78 is 2.05. The molecule has 0 fully saturated rings. The van der Waals surface area contributed by atoms with E-state index in [1.54, 1.807) is 12.4 Å². The van der Waals surface area contributed by atoms with Gasteiger partial charge in [-0.15, -0.1) is 0 Å². The maximum Gasteiger partial charge on any atom is 0.162 e. The molecular weight excluding hydrogens is 314 g/mol. The zero-order valence-corrected chi connectivity index (χ0v) is 14.6. The first-order chi connectivity index (χ1) is 12.2. The van der Waals surface area contributed by atoms with Gasteiger partial charge in [-0.1, -0.05) is 0 Å². The first-order valence-electron chi connectivity index (χ1n) is 8.58. The second-order valence-electron chi connectivity index (χ2n) is 6.32. The van der Waals surface area contributed by atoms with Crippen molar-refractivity contribution >= 4 is 0 Å². The fourth-order valence-corrected chi connectivity index (χ4v) is 3.26. The Morgan fingerprint density at radius 3 is 2.72 bits per heavy atom. The highest BCUT2D eigenvalue weighted by atomic mass is 15.3. The Bertz CT molecular complexity index is 872. The van der Waals surface area contributed by atoms with Crippen LogP contribution in [0.15, 0.2) is 31.1 Å². The van der Waals surface area contributed by atoms with Crippen molar-refractivity contribution in [3.8, 4) is 11.4 Å². The lowest BCUT2D eigenvalue weighted by atomic mass is 10.1.